The second-order valence-corrected chi connectivity index (χ2v) is 6.32. The number of benzene rings is 1. The zero-order valence-corrected chi connectivity index (χ0v) is 13.7. The molecule has 2 aromatic heterocycles. The normalized spacial score (nSPS) is 12.1. The van der Waals surface area contributed by atoms with Gasteiger partial charge in [-0.2, -0.15) is 0 Å². The van der Waals surface area contributed by atoms with Gasteiger partial charge in [0.1, 0.15) is 17.9 Å². The number of thioether (sulfide) groups is 1. The number of hydrogen-bond acceptors (Lipinski definition) is 6. The molecular formula is C15H14FN5O2S. The Labute approximate surface area is 141 Å². The zero-order chi connectivity index (χ0) is 17.1. The topological polar surface area (TPSA) is 85.8 Å². The maximum absolute atomic E-state index is 13.9. The number of anilines is 1. The third-order valence-corrected chi connectivity index (χ3v) is 4.22. The van der Waals surface area contributed by atoms with Gasteiger partial charge in [-0.25, -0.2) is 4.39 Å². The molecule has 0 radical (unpaired) electrons. The molecule has 7 nitrogen and oxygen atoms in total. The maximum atomic E-state index is 13.9. The van der Waals surface area contributed by atoms with E-state index < -0.39 is 11.1 Å². The summed E-state index contributed by atoms with van der Waals surface area (Å²) in [6.45, 7) is 3.45. The third-order valence-electron chi connectivity index (χ3n) is 3.16. The molecule has 0 aliphatic heterocycles. The molecule has 0 fully saturated rings. The van der Waals surface area contributed by atoms with E-state index in [0.717, 1.165) is 0 Å². The highest BCUT2D eigenvalue weighted by atomic mass is 32.2. The fraction of sp³-hybridized carbons (Fsp3) is 0.200. The van der Waals surface area contributed by atoms with Crippen LogP contribution in [0.3, 0.4) is 0 Å². The van der Waals surface area contributed by atoms with Crippen molar-refractivity contribution in [1.29, 1.82) is 0 Å². The number of para-hydroxylation sites is 1. The smallest absolute Gasteiger partial charge is 0.238 e. The Morgan fingerprint density at radius 2 is 2.21 bits per heavy atom. The summed E-state index contributed by atoms with van der Waals surface area (Å²) in [5.41, 5.74) is 0.324. The number of nitrogens with zero attached hydrogens (tertiary/aromatic N) is 4. The van der Waals surface area contributed by atoms with Crippen LogP contribution in [0, 0.1) is 12.7 Å². The van der Waals surface area contributed by atoms with Crippen molar-refractivity contribution >= 4 is 23.5 Å². The molecule has 1 amide bonds. The standard InChI is InChI=1S/C15H14FN5O2S/c1-9-7-13(20-23-9)18-14(22)10(2)24-15-19-17-8-21(15)12-6-4-3-5-11(12)16/h3-8,10H,1-2H3,(H,18,20,22)/t10-/m0/s1. The van der Waals surface area contributed by atoms with Crippen LogP contribution in [0.25, 0.3) is 5.69 Å². The van der Waals surface area contributed by atoms with Gasteiger partial charge >= 0.3 is 0 Å². The summed E-state index contributed by atoms with van der Waals surface area (Å²) < 4.78 is 20.3. The van der Waals surface area contributed by atoms with Crippen molar-refractivity contribution in [1.82, 2.24) is 19.9 Å². The van der Waals surface area contributed by atoms with Crippen LogP contribution in [0.4, 0.5) is 10.2 Å². The largest absolute Gasteiger partial charge is 0.360 e. The Morgan fingerprint density at radius 1 is 1.42 bits per heavy atom. The summed E-state index contributed by atoms with van der Waals surface area (Å²) in [4.78, 5) is 12.2. The molecule has 0 bridgehead atoms. The van der Waals surface area contributed by atoms with E-state index in [1.54, 1.807) is 38.1 Å². The predicted molar refractivity (Wildman–Crippen MR) is 86.5 cm³/mol. The molecule has 0 unspecified atom stereocenters. The van der Waals surface area contributed by atoms with Gasteiger partial charge in [-0.3, -0.25) is 9.36 Å². The van der Waals surface area contributed by atoms with Gasteiger partial charge in [-0.05, 0) is 26.0 Å². The molecule has 0 aliphatic rings. The molecule has 3 aromatic rings. The van der Waals surface area contributed by atoms with Gasteiger partial charge in [0.05, 0.1) is 10.9 Å². The quantitative estimate of drug-likeness (QED) is 0.714. The lowest BCUT2D eigenvalue weighted by molar-refractivity contribution is -0.115. The molecular weight excluding hydrogens is 333 g/mol. The first-order valence-corrected chi connectivity index (χ1v) is 7.98. The van der Waals surface area contributed by atoms with Crippen LogP contribution in [-0.2, 0) is 4.79 Å². The van der Waals surface area contributed by atoms with Crippen LogP contribution < -0.4 is 5.32 Å². The molecule has 9 heteroatoms. The van der Waals surface area contributed by atoms with E-state index in [9.17, 15) is 9.18 Å². The molecule has 2 heterocycles. The van der Waals surface area contributed by atoms with Crippen LogP contribution in [0.2, 0.25) is 0 Å². The average molecular weight is 347 g/mol. The van der Waals surface area contributed by atoms with Gasteiger partial charge in [0.25, 0.3) is 0 Å². The van der Waals surface area contributed by atoms with E-state index in [1.165, 1.54) is 28.7 Å². The molecule has 3 rings (SSSR count). The van der Waals surface area contributed by atoms with E-state index in [1.807, 2.05) is 0 Å². The van der Waals surface area contributed by atoms with Gasteiger partial charge < -0.3 is 9.84 Å². The van der Waals surface area contributed by atoms with E-state index in [0.29, 0.717) is 22.4 Å². The Bertz CT molecular complexity index is 863. The van der Waals surface area contributed by atoms with Crippen molar-refractivity contribution in [2.24, 2.45) is 0 Å². The number of nitrogens with one attached hydrogen (secondary N) is 1. The summed E-state index contributed by atoms with van der Waals surface area (Å²) >= 11 is 1.17. The maximum Gasteiger partial charge on any atom is 0.238 e. The Morgan fingerprint density at radius 3 is 2.92 bits per heavy atom. The highest BCUT2D eigenvalue weighted by Gasteiger charge is 2.20. The first-order valence-electron chi connectivity index (χ1n) is 7.10. The van der Waals surface area contributed by atoms with Gasteiger partial charge in [0.2, 0.25) is 5.91 Å². The van der Waals surface area contributed by atoms with Crippen molar-refractivity contribution in [3.8, 4) is 5.69 Å². The Hall–Kier alpha value is -2.68. The Balaban J connectivity index is 1.73. The minimum Gasteiger partial charge on any atom is -0.360 e. The van der Waals surface area contributed by atoms with Gasteiger partial charge in [0, 0.05) is 6.07 Å². The SMILES string of the molecule is Cc1cc(NC(=O)[C@H](C)Sc2nncn2-c2ccccc2F)no1. The molecule has 0 saturated carbocycles. The molecule has 0 spiro atoms. The first kappa shape index (κ1) is 16.2. The number of aryl methyl sites for hydroxylation is 1. The summed E-state index contributed by atoms with van der Waals surface area (Å²) in [7, 11) is 0. The number of halogens is 1. The van der Waals surface area contributed by atoms with Gasteiger partial charge in [0.15, 0.2) is 11.0 Å². The molecule has 1 N–H and O–H groups in total. The average Bonchev–Trinajstić information content (AvgIpc) is 3.17. The van der Waals surface area contributed by atoms with Crippen molar-refractivity contribution in [2.45, 2.75) is 24.3 Å². The zero-order valence-electron chi connectivity index (χ0n) is 12.9. The van der Waals surface area contributed by atoms with Crippen molar-refractivity contribution in [3.05, 3.63) is 48.2 Å². The number of hydrogen-bond donors (Lipinski definition) is 1. The van der Waals surface area contributed by atoms with Crippen molar-refractivity contribution < 1.29 is 13.7 Å². The van der Waals surface area contributed by atoms with Crippen LogP contribution >= 0.6 is 11.8 Å². The van der Waals surface area contributed by atoms with Crippen LogP contribution in [0.1, 0.15) is 12.7 Å². The third kappa shape index (κ3) is 3.46. The van der Waals surface area contributed by atoms with Crippen molar-refractivity contribution in [2.75, 3.05) is 5.32 Å². The van der Waals surface area contributed by atoms with E-state index in [2.05, 4.69) is 20.7 Å². The minimum atomic E-state index is -0.489. The number of carbonyl (C=O) groups is 1. The lowest BCUT2D eigenvalue weighted by Crippen LogP contribution is -2.23. The van der Waals surface area contributed by atoms with E-state index in [-0.39, 0.29) is 5.91 Å². The molecule has 0 aliphatic carbocycles. The number of carbonyl (C=O) groups excluding carboxylic acids is 1. The highest BCUT2D eigenvalue weighted by molar-refractivity contribution is 8.00. The molecule has 124 valence electrons. The van der Waals surface area contributed by atoms with E-state index in [4.69, 9.17) is 4.52 Å². The predicted octanol–water partition coefficient (Wildman–Crippen LogP) is 2.82. The number of aromatic nitrogens is 4. The highest BCUT2D eigenvalue weighted by Crippen LogP contribution is 2.25. The molecule has 0 saturated heterocycles. The monoisotopic (exact) mass is 347 g/mol. The minimum absolute atomic E-state index is 0.267. The second kappa shape index (κ2) is 6.83. The summed E-state index contributed by atoms with van der Waals surface area (Å²) in [5, 5.41) is 14.1. The number of rotatable bonds is 5. The van der Waals surface area contributed by atoms with Crippen LogP contribution in [0.5, 0.6) is 0 Å². The molecule has 1 atom stereocenters. The first-order chi connectivity index (χ1) is 11.5. The lowest BCUT2D eigenvalue weighted by atomic mass is 10.3. The van der Waals surface area contributed by atoms with Crippen LogP contribution in [0.15, 0.2) is 46.3 Å². The summed E-state index contributed by atoms with van der Waals surface area (Å²) in [6.07, 6.45) is 1.41. The second-order valence-electron chi connectivity index (χ2n) is 5.01. The fourth-order valence-electron chi connectivity index (χ4n) is 1.98. The molecule has 24 heavy (non-hydrogen) atoms. The van der Waals surface area contributed by atoms with Gasteiger partial charge in [-0.1, -0.05) is 29.1 Å². The van der Waals surface area contributed by atoms with E-state index >= 15 is 0 Å². The van der Waals surface area contributed by atoms with Crippen LogP contribution in [-0.4, -0.2) is 31.1 Å². The van der Waals surface area contributed by atoms with Crippen molar-refractivity contribution in [3.63, 3.8) is 0 Å². The lowest BCUT2D eigenvalue weighted by Gasteiger charge is -2.11. The molecule has 1 aromatic carbocycles. The summed E-state index contributed by atoms with van der Waals surface area (Å²) in [5.74, 6) is 0.288. The number of amides is 1. The Kier molecular flexibility index (Phi) is 4.61. The van der Waals surface area contributed by atoms with Gasteiger partial charge in [-0.15, -0.1) is 10.2 Å². The summed E-state index contributed by atoms with van der Waals surface area (Å²) in [6, 6.07) is 7.91. The fourth-order valence-corrected chi connectivity index (χ4v) is 2.82.